The zero-order valence-corrected chi connectivity index (χ0v) is 15.4. The molecule has 1 aromatic carbocycles. The Kier molecular flexibility index (Phi) is 5.53. The van der Waals surface area contributed by atoms with Crippen LogP contribution in [0.3, 0.4) is 0 Å². The second kappa shape index (κ2) is 7.82. The van der Waals surface area contributed by atoms with Gasteiger partial charge >= 0.3 is 0 Å². The Bertz CT molecular complexity index is 774. The Morgan fingerprint density at radius 2 is 2.24 bits per heavy atom. The molecule has 1 aliphatic rings. The average Bonchev–Trinajstić information content (AvgIpc) is 3.03. The highest BCUT2D eigenvalue weighted by atomic mass is 32.1. The van der Waals surface area contributed by atoms with E-state index in [4.69, 9.17) is 4.74 Å². The van der Waals surface area contributed by atoms with E-state index < -0.39 is 0 Å². The van der Waals surface area contributed by atoms with Gasteiger partial charge in [-0.15, -0.1) is 0 Å². The summed E-state index contributed by atoms with van der Waals surface area (Å²) >= 11 is 1.44. The van der Waals surface area contributed by atoms with E-state index in [1.165, 1.54) is 11.3 Å². The van der Waals surface area contributed by atoms with Crippen LogP contribution in [0.1, 0.15) is 33.1 Å². The number of carbonyl (C=O) groups is 2. The number of hydrogen-bond donors (Lipinski definition) is 1. The summed E-state index contributed by atoms with van der Waals surface area (Å²) in [5.74, 6) is 0.686. The van der Waals surface area contributed by atoms with Crippen molar-refractivity contribution in [1.29, 1.82) is 0 Å². The van der Waals surface area contributed by atoms with Crippen LogP contribution in [-0.4, -0.2) is 41.4 Å². The maximum Gasteiger partial charge on any atom is 0.231 e. The number of ether oxygens (including phenoxy) is 1. The monoisotopic (exact) mass is 361 g/mol. The second-order valence-corrected chi connectivity index (χ2v) is 7.13. The van der Waals surface area contributed by atoms with Crippen molar-refractivity contribution in [3.63, 3.8) is 0 Å². The molecule has 2 amide bonds. The van der Waals surface area contributed by atoms with Gasteiger partial charge in [-0.1, -0.05) is 18.3 Å². The first-order chi connectivity index (χ1) is 12.1. The Hall–Kier alpha value is -2.15. The first-order valence-electron chi connectivity index (χ1n) is 8.72. The molecule has 2 aromatic rings. The lowest BCUT2D eigenvalue weighted by atomic mass is 9.97. The smallest absolute Gasteiger partial charge is 0.231 e. The number of benzene rings is 1. The van der Waals surface area contributed by atoms with Crippen molar-refractivity contribution in [2.24, 2.45) is 5.92 Å². The summed E-state index contributed by atoms with van der Waals surface area (Å²) in [5.41, 5.74) is 0.843. The predicted octanol–water partition coefficient (Wildman–Crippen LogP) is 3.28. The summed E-state index contributed by atoms with van der Waals surface area (Å²) in [7, 11) is 0. The molecule has 0 saturated carbocycles. The molecule has 6 nitrogen and oxygen atoms in total. The van der Waals surface area contributed by atoms with Crippen LogP contribution in [0, 0.1) is 5.92 Å². The summed E-state index contributed by atoms with van der Waals surface area (Å²) in [6.07, 6.45) is 2.15. The molecule has 1 unspecified atom stereocenters. The van der Waals surface area contributed by atoms with Crippen LogP contribution < -0.4 is 10.1 Å². The van der Waals surface area contributed by atoms with E-state index in [2.05, 4.69) is 10.3 Å². The molecule has 0 aliphatic carbocycles. The number of piperidine rings is 1. The second-order valence-electron chi connectivity index (χ2n) is 6.10. The van der Waals surface area contributed by atoms with Crippen LogP contribution in [0.25, 0.3) is 10.2 Å². The molecule has 1 atom stereocenters. The number of hydrogen-bond acceptors (Lipinski definition) is 5. The van der Waals surface area contributed by atoms with Crippen molar-refractivity contribution >= 4 is 38.5 Å². The molecule has 3 rings (SSSR count). The van der Waals surface area contributed by atoms with Crippen LogP contribution in [-0.2, 0) is 9.59 Å². The van der Waals surface area contributed by atoms with E-state index in [-0.39, 0.29) is 17.7 Å². The fraction of sp³-hybridized carbons (Fsp3) is 0.500. The van der Waals surface area contributed by atoms with Gasteiger partial charge in [-0.25, -0.2) is 4.98 Å². The molecular weight excluding hydrogens is 338 g/mol. The van der Waals surface area contributed by atoms with Crippen LogP contribution in [0.2, 0.25) is 0 Å². The number of carbonyl (C=O) groups excluding carboxylic acids is 2. The highest BCUT2D eigenvalue weighted by molar-refractivity contribution is 7.22. The van der Waals surface area contributed by atoms with Gasteiger partial charge in [0.05, 0.1) is 22.7 Å². The summed E-state index contributed by atoms with van der Waals surface area (Å²) in [4.78, 5) is 30.7. The van der Waals surface area contributed by atoms with Gasteiger partial charge in [0, 0.05) is 19.5 Å². The number of anilines is 1. The van der Waals surface area contributed by atoms with Crippen LogP contribution >= 0.6 is 11.3 Å². The Morgan fingerprint density at radius 1 is 1.40 bits per heavy atom. The normalized spacial score (nSPS) is 17.5. The number of thiazole rings is 1. The van der Waals surface area contributed by atoms with E-state index in [0.717, 1.165) is 35.4 Å². The molecule has 7 heteroatoms. The number of amides is 2. The minimum atomic E-state index is -0.171. The Morgan fingerprint density at radius 3 is 3.00 bits per heavy atom. The van der Waals surface area contributed by atoms with E-state index in [1.807, 2.05) is 32.0 Å². The third-order valence-corrected chi connectivity index (χ3v) is 5.28. The molecule has 25 heavy (non-hydrogen) atoms. The van der Waals surface area contributed by atoms with E-state index in [1.54, 1.807) is 4.90 Å². The molecule has 0 spiro atoms. The van der Waals surface area contributed by atoms with Crippen molar-refractivity contribution < 1.29 is 14.3 Å². The largest absolute Gasteiger partial charge is 0.494 e. The quantitative estimate of drug-likeness (QED) is 0.887. The number of nitrogens with one attached hydrogen (secondary N) is 1. The van der Waals surface area contributed by atoms with E-state index in [0.29, 0.717) is 24.7 Å². The van der Waals surface area contributed by atoms with Gasteiger partial charge in [0.2, 0.25) is 11.8 Å². The average molecular weight is 361 g/mol. The van der Waals surface area contributed by atoms with Crippen LogP contribution in [0.15, 0.2) is 18.2 Å². The van der Waals surface area contributed by atoms with E-state index >= 15 is 0 Å². The number of nitrogens with zero attached hydrogens (tertiary/aromatic N) is 2. The van der Waals surface area contributed by atoms with Gasteiger partial charge in [-0.3, -0.25) is 9.59 Å². The summed E-state index contributed by atoms with van der Waals surface area (Å²) in [6, 6.07) is 5.72. The minimum Gasteiger partial charge on any atom is -0.494 e. The first-order valence-corrected chi connectivity index (χ1v) is 9.54. The van der Waals surface area contributed by atoms with Crippen LogP contribution in [0.5, 0.6) is 5.75 Å². The molecule has 1 N–H and O–H groups in total. The van der Waals surface area contributed by atoms with Gasteiger partial charge < -0.3 is 15.0 Å². The highest BCUT2D eigenvalue weighted by Gasteiger charge is 2.28. The fourth-order valence-electron chi connectivity index (χ4n) is 3.06. The predicted molar refractivity (Wildman–Crippen MR) is 99.0 cm³/mol. The van der Waals surface area contributed by atoms with Gasteiger partial charge in [0.15, 0.2) is 5.13 Å². The maximum absolute atomic E-state index is 12.6. The summed E-state index contributed by atoms with van der Waals surface area (Å²) in [5, 5.41) is 3.51. The number of fused-ring (bicyclic) bond motifs is 1. The van der Waals surface area contributed by atoms with Crippen molar-refractivity contribution in [2.45, 2.75) is 33.1 Å². The standard InChI is InChI=1S/C18H23N3O3S/c1-3-16(22)21-9-5-6-12(11-21)17(23)20-18-19-14-8-7-13(24-4-2)10-15(14)25-18/h7-8,10,12H,3-6,9,11H2,1-2H3,(H,19,20,23). The molecule has 134 valence electrons. The van der Waals surface area contributed by atoms with Crippen molar-refractivity contribution in [2.75, 3.05) is 25.0 Å². The minimum absolute atomic E-state index is 0.0577. The Labute approximate surface area is 151 Å². The first kappa shape index (κ1) is 17.7. The Balaban J connectivity index is 1.68. The van der Waals surface area contributed by atoms with Gasteiger partial charge in [-0.2, -0.15) is 0 Å². The van der Waals surface area contributed by atoms with Gasteiger partial charge in [0.1, 0.15) is 5.75 Å². The third kappa shape index (κ3) is 4.10. The third-order valence-electron chi connectivity index (χ3n) is 4.35. The number of aromatic nitrogens is 1. The molecule has 0 radical (unpaired) electrons. The fourth-order valence-corrected chi connectivity index (χ4v) is 3.96. The SMILES string of the molecule is CCOc1ccc2nc(NC(=O)C3CCCN(C(=O)CC)C3)sc2c1. The topological polar surface area (TPSA) is 71.5 Å². The van der Waals surface area contributed by atoms with Gasteiger partial charge in [-0.05, 0) is 38.0 Å². The van der Waals surface area contributed by atoms with Crippen molar-refractivity contribution in [1.82, 2.24) is 9.88 Å². The number of rotatable bonds is 5. The molecule has 1 aromatic heterocycles. The summed E-state index contributed by atoms with van der Waals surface area (Å²) < 4.78 is 6.48. The maximum atomic E-state index is 12.6. The zero-order chi connectivity index (χ0) is 17.8. The van der Waals surface area contributed by atoms with Crippen molar-refractivity contribution in [3.8, 4) is 5.75 Å². The highest BCUT2D eigenvalue weighted by Crippen LogP contribution is 2.30. The van der Waals surface area contributed by atoms with Gasteiger partial charge in [0.25, 0.3) is 0 Å². The summed E-state index contributed by atoms with van der Waals surface area (Å²) in [6.45, 7) is 5.65. The van der Waals surface area contributed by atoms with Crippen LogP contribution in [0.4, 0.5) is 5.13 Å². The molecule has 0 bridgehead atoms. The van der Waals surface area contributed by atoms with E-state index in [9.17, 15) is 9.59 Å². The zero-order valence-electron chi connectivity index (χ0n) is 14.6. The van der Waals surface area contributed by atoms with Crippen molar-refractivity contribution in [3.05, 3.63) is 18.2 Å². The molecule has 2 heterocycles. The molecular formula is C18H23N3O3S. The molecule has 1 aliphatic heterocycles. The lowest BCUT2D eigenvalue weighted by Crippen LogP contribution is -2.43. The molecule has 1 saturated heterocycles. The lowest BCUT2D eigenvalue weighted by Gasteiger charge is -2.31. The molecule has 1 fully saturated rings. The lowest BCUT2D eigenvalue weighted by molar-refractivity contribution is -0.134. The number of likely N-dealkylation sites (tertiary alicyclic amines) is 1.